The van der Waals surface area contributed by atoms with E-state index in [0.29, 0.717) is 12.5 Å². The summed E-state index contributed by atoms with van der Waals surface area (Å²) >= 11 is 0. The summed E-state index contributed by atoms with van der Waals surface area (Å²) in [4.78, 5) is 8.10. The van der Waals surface area contributed by atoms with E-state index in [1.54, 1.807) is 0 Å². The van der Waals surface area contributed by atoms with Crippen LogP contribution in [0.25, 0.3) is 11.3 Å². The van der Waals surface area contributed by atoms with Gasteiger partial charge < -0.3 is 10.7 Å². The molecule has 0 bridgehead atoms. The van der Waals surface area contributed by atoms with Crippen LogP contribution in [0.1, 0.15) is 48.8 Å². The molecule has 0 unspecified atom stereocenters. The van der Waals surface area contributed by atoms with E-state index in [4.69, 9.17) is 10.7 Å². The highest BCUT2D eigenvalue weighted by molar-refractivity contribution is 5.64. The fourth-order valence-electron chi connectivity index (χ4n) is 2.81. The molecular weight excluding hydrogens is 234 g/mol. The molecule has 3 rings (SSSR count). The van der Waals surface area contributed by atoms with Crippen LogP contribution in [0.4, 0.5) is 0 Å². The monoisotopic (exact) mass is 255 g/mol. The van der Waals surface area contributed by atoms with Crippen molar-refractivity contribution in [3.05, 3.63) is 40.8 Å². The van der Waals surface area contributed by atoms with Gasteiger partial charge in [0.15, 0.2) is 0 Å². The van der Waals surface area contributed by atoms with E-state index in [9.17, 15) is 0 Å². The Morgan fingerprint density at radius 1 is 1.26 bits per heavy atom. The summed E-state index contributed by atoms with van der Waals surface area (Å²) in [5.41, 5.74) is 12.1. The molecule has 1 heterocycles. The van der Waals surface area contributed by atoms with Crippen molar-refractivity contribution in [1.29, 1.82) is 0 Å². The van der Waals surface area contributed by atoms with Crippen LogP contribution in [-0.4, -0.2) is 9.97 Å². The molecule has 2 aromatic rings. The molecule has 0 amide bonds. The van der Waals surface area contributed by atoms with Crippen molar-refractivity contribution in [2.75, 3.05) is 0 Å². The molecule has 1 aromatic heterocycles. The van der Waals surface area contributed by atoms with Crippen molar-refractivity contribution in [2.24, 2.45) is 5.73 Å². The molecule has 19 heavy (non-hydrogen) atoms. The smallest absolute Gasteiger partial charge is 0.109 e. The lowest BCUT2D eigenvalue weighted by molar-refractivity contribution is 0.788. The first-order valence-electron chi connectivity index (χ1n) is 7.10. The minimum Gasteiger partial charge on any atom is -0.344 e. The van der Waals surface area contributed by atoms with Crippen LogP contribution >= 0.6 is 0 Å². The van der Waals surface area contributed by atoms with Crippen molar-refractivity contribution >= 4 is 0 Å². The number of rotatable bonds is 3. The van der Waals surface area contributed by atoms with Crippen LogP contribution in [0.2, 0.25) is 0 Å². The van der Waals surface area contributed by atoms with Gasteiger partial charge in [-0.3, -0.25) is 0 Å². The fourth-order valence-corrected chi connectivity index (χ4v) is 2.81. The number of aromatic nitrogens is 2. The van der Waals surface area contributed by atoms with Gasteiger partial charge in [0.05, 0.1) is 11.4 Å². The average Bonchev–Trinajstić information content (AvgIpc) is 3.04. The number of hydrogen-bond acceptors (Lipinski definition) is 2. The average molecular weight is 255 g/mol. The van der Waals surface area contributed by atoms with Gasteiger partial charge in [-0.2, -0.15) is 0 Å². The van der Waals surface area contributed by atoms with Crippen LogP contribution in [0.3, 0.4) is 0 Å². The number of H-pyrrole nitrogens is 1. The highest BCUT2D eigenvalue weighted by Crippen LogP contribution is 2.29. The lowest BCUT2D eigenvalue weighted by Crippen LogP contribution is -1.99. The van der Waals surface area contributed by atoms with Crippen LogP contribution in [-0.2, 0) is 19.4 Å². The number of nitrogens with two attached hydrogens (primary N) is 1. The second-order valence-electron chi connectivity index (χ2n) is 5.65. The molecule has 0 saturated carbocycles. The standard InChI is InChI=1S/C16H21N3/c1-10(2)16-18-14(9-17)15(19-16)13-7-6-11-4-3-5-12(11)8-13/h6-8,10H,3-5,9,17H2,1-2H3,(H,18,19). The Bertz CT molecular complexity index is 596. The van der Waals surface area contributed by atoms with E-state index in [1.807, 2.05) is 0 Å². The summed E-state index contributed by atoms with van der Waals surface area (Å²) in [6.07, 6.45) is 3.69. The maximum absolute atomic E-state index is 5.84. The second kappa shape index (κ2) is 4.82. The number of nitrogens with one attached hydrogen (secondary N) is 1. The van der Waals surface area contributed by atoms with Gasteiger partial charge in [-0.25, -0.2) is 4.98 Å². The number of fused-ring (bicyclic) bond motifs is 1. The molecule has 0 fully saturated rings. The minimum atomic E-state index is 0.397. The number of imidazole rings is 1. The zero-order valence-corrected chi connectivity index (χ0v) is 11.7. The Kier molecular flexibility index (Phi) is 3.15. The van der Waals surface area contributed by atoms with E-state index in [1.165, 1.54) is 36.0 Å². The lowest BCUT2D eigenvalue weighted by Gasteiger charge is -2.04. The topological polar surface area (TPSA) is 54.7 Å². The number of benzene rings is 1. The van der Waals surface area contributed by atoms with Gasteiger partial charge in [-0.05, 0) is 36.5 Å². The molecule has 0 radical (unpaired) electrons. The van der Waals surface area contributed by atoms with Crippen LogP contribution in [0.5, 0.6) is 0 Å². The third-order valence-corrected chi connectivity index (χ3v) is 3.92. The largest absolute Gasteiger partial charge is 0.344 e. The zero-order chi connectivity index (χ0) is 13.4. The number of hydrogen-bond donors (Lipinski definition) is 2. The van der Waals surface area contributed by atoms with E-state index in [2.05, 4.69) is 37.0 Å². The second-order valence-corrected chi connectivity index (χ2v) is 5.65. The van der Waals surface area contributed by atoms with Gasteiger partial charge in [0.2, 0.25) is 0 Å². The van der Waals surface area contributed by atoms with Crippen molar-refractivity contribution in [1.82, 2.24) is 9.97 Å². The Morgan fingerprint density at radius 2 is 2.05 bits per heavy atom. The Morgan fingerprint density at radius 3 is 2.79 bits per heavy atom. The molecule has 3 heteroatoms. The Balaban J connectivity index is 2.06. The molecular formula is C16H21N3. The molecule has 100 valence electrons. The number of aromatic amines is 1. The molecule has 1 aromatic carbocycles. The number of nitrogens with zero attached hydrogens (tertiary/aromatic N) is 1. The summed E-state index contributed by atoms with van der Waals surface area (Å²) < 4.78 is 0. The Hall–Kier alpha value is -1.61. The summed E-state index contributed by atoms with van der Waals surface area (Å²) in [5.74, 6) is 1.42. The first-order valence-corrected chi connectivity index (χ1v) is 7.10. The van der Waals surface area contributed by atoms with E-state index in [0.717, 1.165) is 17.2 Å². The summed E-state index contributed by atoms with van der Waals surface area (Å²) in [6.45, 7) is 4.79. The SMILES string of the molecule is CC(C)c1nc(-c2ccc3c(c2)CCC3)c(CN)[nH]1. The van der Waals surface area contributed by atoms with Crippen LogP contribution in [0, 0.1) is 0 Å². The molecule has 3 nitrogen and oxygen atoms in total. The lowest BCUT2D eigenvalue weighted by atomic mass is 10.0. The van der Waals surface area contributed by atoms with Gasteiger partial charge in [0, 0.05) is 18.0 Å². The molecule has 1 aliphatic carbocycles. The quantitative estimate of drug-likeness (QED) is 0.885. The van der Waals surface area contributed by atoms with Crippen molar-refractivity contribution < 1.29 is 0 Å². The Labute approximate surface area is 114 Å². The molecule has 0 spiro atoms. The van der Waals surface area contributed by atoms with Crippen LogP contribution < -0.4 is 5.73 Å². The van der Waals surface area contributed by atoms with Crippen molar-refractivity contribution in [3.8, 4) is 11.3 Å². The maximum atomic E-state index is 5.84. The third-order valence-electron chi connectivity index (χ3n) is 3.92. The van der Waals surface area contributed by atoms with E-state index >= 15 is 0 Å². The van der Waals surface area contributed by atoms with E-state index < -0.39 is 0 Å². The van der Waals surface area contributed by atoms with Gasteiger partial charge in [-0.15, -0.1) is 0 Å². The summed E-state index contributed by atoms with van der Waals surface area (Å²) in [7, 11) is 0. The van der Waals surface area contributed by atoms with Gasteiger partial charge >= 0.3 is 0 Å². The first kappa shape index (κ1) is 12.4. The highest BCUT2D eigenvalue weighted by Gasteiger charge is 2.16. The zero-order valence-electron chi connectivity index (χ0n) is 11.7. The van der Waals surface area contributed by atoms with Gasteiger partial charge in [0.1, 0.15) is 5.82 Å². The van der Waals surface area contributed by atoms with Crippen LogP contribution in [0.15, 0.2) is 18.2 Å². The van der Waals surface area contributed by atoms with Crippen molar-refractivity contribution in [3.63, 3.8) is 0 Å². The highest BCUT2D eigenvalue weighted by atomic mass is 15.0. The third kappa shape index (κ3) is 2.19. The predicted octanol–water partition coefficient (Wildman–Crippen LogP) is 3.15. The predicted molar refractivity (Wildman–Crippen MR) is 78.0 cm³/mol. The normalized spacial score (nSPS) is 14.1. The maximum Gasteiger partial charge on any atom is 0.109 e. The molecule has 3 N–H and O–H groups in total. The minimum absolute atomic E-state index is 0.397. The molecule has 0 saturated heterocycles. The fraction of sp³-hybridized carbons (Fsp3) is 0.438. The van der Waals surface area contributed by atoms with E-state index in [-0.39, 0.29) is 0 Å². The first-order chi connectivity index (χ1) is 9.19. The van der Waals surface area contributed by atoms with Gasteiger partial charge in [0.25, 0.3) is 0 Å². The molecule has 0 atom stereocenters. The number of aryl methyl sites for hydroxylation is 2. The molecule has 0 aliphatic heterocycles. The van der Waals surface area contributed by atoms with Crippen molar-refractivity contribution in [2.45, 2.75) is 45.6 Å². The summed E-state index contributed by atoms with van der Waals surface area (Å²) in [5, 5.41) is 0. The molecule has 1 aliphatic rings. The summed E-state index contributed by atoms with van der Waals surface area (Å²) in [6, 6.07) is 6.73. The van der Waals surface area contributed by atoms with Gasteiger partial charge in [-0.1, -0.05) is 26.0 Å².